The molecular weight excluding hydrogens is 481 g/mol. The Bertz CT molecular complexity index is 1310. The van der Waals surface area contributed by atoms with Gasteiger partial charge in [0.1, 0.15) is 5.75 Å². The first-order valence-corrected chi connectivity index (χ1v) is 12.2. The van der Waals surface area contributed by atoms with Gasteiger partial charge < -0.3 is 10.1 Å². The van der Waals surface area contributed by atoms with Crippen LogP contribution in [0.15, 0.2) is 77.7 Å². The van der Waals surface area contributed by atoms with Gasteiger partial charge in [0.05, 0.1) is 23.6 Å². The number of carbonyl (C=O) groups is 1. The molecule has 1 aliphatic rings. The van der Waals surface area contributed by atoms with E-state index >= 15 is 0 Å². The number of nitrogens with one attached hydrogen (secondary N) is 1. The third-order valence-corrected chi connectivity index (χ3v) is 7.77. The smallest absolute Gasteiger partial charge is 0.416 e. The number of amides is 1. The number of halogens is 3. The lowest BCUT2D eigenvalue weighted by Crippen LogP contribution is -2.32. The van der Waals surface area contributed by atoms with E-state index in [-0.39, 0.29) is 30.0 Å². The number of rotatable bonds is 7. The van der Waals surface area contributed by atoms with Crippen LogP contribution in [0.5, 0.6) is 5.75 Å². The Morgan fingerprint density at radius 3 is 2.31 bits per heavy atom. The third kappa shape index (κ3) is 5.33. The van der Waals surface area contributed by atoms with Gasteiger partial charge in [0.15, 0.2) is 0 Å². The number of hydrogen-bond donors (Lipinski definition) is 1. The molecule has 6 nitrogen and oxygen atoms in total. The molecular formula is C25H23F3N2O4S. The van der Waals surface area contributed by atoms with E-state index in [9.17, 15) is 26.4 Å². The van der Waals surface area contributed by atoms with Crippen LogP contribution in [-0.4, -0.2) is 25.7 Å². The molecule has 1 N–H and O–H groups in total. The Hall–Kier alpha value is -3.37. The van der Waals surface area contributed by atoms with Crippen molar-refractivity contribution in [1.29, 1.82) is 0 Å². The second kappa shape index (κ2) is 9.71. The predicted molar refractivity (Wildman–Crippen MR) is 123 cm³/mol. The summed E-state index contributed by atoms with van der Waals surface area (Å²) in [6.45, 7) is 0.103. The maximum absolute atomic E-state index is 13.4. The summed E-state index contributed by atoms with van der Waals surface area (Å²) in [6, 6.07) is 17.2. The lowest BCUT2D eigenvalue weighted by molar-refractivity contribution is -0.137. The van der Waals surface area contributed by atoms with Gasteiger partial charge in [0.2, 0.25) is 15.9 Å². The average molecular weight is 505 g/mol. The van der Waals surface area contributed by atoms with Crippen molar-refractivity contribution >= 4 is 15.9 Å². The SMILES string of the molecule is COc1ccc(CN2[C@@H](CC(=O)NCc3ccccc3)c3cc(C(F)(F)F)ccc3S2(=O)=O)cc1. The quantitative estimate of drug-likeness (QED) is 0.508. The lowest BCUT2D eigenvalue weighted by atomic mass is 10.00. The van der Waals surface area contributed by atoms with Gasteiger partial charge in [-0.1, -0.05) is 42.5 Å². The maximum Gasteiger partial charge on any atom is 0.416 e. The fourth-order valence-electron chi connectivity index (χ4n) is 4.03. The highest BCUT2D eigenvalue weighted by Gasteiger charge is 2.45. The van der Waals surface area contributed by atoms with Crippen molar-refractivity contribution in [3.8, 4) is 5.75 Å². The van der Waals surface area contributed by atoms with E-state index in [0.717, 1.165) is 28.1 Å². The van der Waals surface area contributed by atoms with Crippen molar-refractivity contribution in [3.63, 3.8) is 0 Å². The summed E-state index contributed by atoms with van der Waals surface area (Å²) in [5.41, 5.74) is 0.443. The summed E-state index contributed by atoms with van der Waals surface area (Å²) in [6.07, 6.45) is -4.97. The van der Waals surface area contributed by atoms with E-state index in [4.69, 9.17) is 4.74 Å². The number of carbonyl (C=O) groups excluding carboxylic acids is 1. The molecule has 35 heavy (non-hydrogen) atoms. The first-order valence-electron chi connectivity index (χ1n) is 10.8. The second-order valence-electron chi connectivity index (χ2n) is 8.13. The van der Waals surface area contributed by atoms with E-state index in [1.54, 1.807) is 24.3 Å². The number of methoxy groups -OCH3 is 1. The van der Waals surface area contributed by atoms with Crippen molar-refractivity contribution in [2.75, 3.05) is 7.11 Å². The minimum absolute atomic E-state index is 0.0387. The van der Waals surface area contributed by atoms with E-state index in [0.29, 0.717) is 11.3 Å². The zero-order valence-electron chi connectivity index (χ0n) is 18.7. The fraction of sp³-hybridized carbons (Fsp3) is 0.240. The van der Waals surface area contributed by atoms with Crippen LogP contribution in [0.2, 0.25) is 0 Å². The molecule has 0 saturated carbocycles. The Morgan fingerprint density at radius 2 is 1.69 bits per heavy atom. The summed E-state index contributed by atoms with van der Waals surface area (Å²) in [5.74, 6) is 0.104. The number of fused-ring (bicyclic) bond motifs is 1. The Balaban J connectivity index is 1.66. The third-order valence-electron chi connectivity index (χ3n) is 5.84. The molecule has 1 amide bonds. The highest BCUT2D eigenvalue weighted by Crippen LogP contribution is 2.44. The number of hydrogen-bond acceptors (Lipinski definition) is 4. The van der Waals surface area contributed by atoms with Crippen LogP contribution in [0.1, 0.15) is 34.7 Å². The molecule has 4 rings (SSSR count). The van der Waals surface area contributed by atoms with Crippen LogP contribution < -0.4 is 10.1 Å². The molecule has 0 aromatic heterocycles. The van der Waals surface area contributed by atoms with Gasteiger partial charge in [0.25, 0.3) is 0 Å². The number of alkyl halides is 3. The lowest BCUT2D eigenvalue weighted by Gasteiger charge is -2.23. The summed E-state index contributed by atoms with van der Waals surface area (Å²) in [5, 5.41) is 2.73. The Labute approximate surface area is 201 Å². The van der Waals surface area contributed by atoms with Crippen molar-refractivity contribution in [3.05, 3.63) is 95.1 Å². The summed E-state index contributed by atoms with van der Waals surface area (Å²) in [4.78, 5) is 12.6. The van der Waals surface area contributed by atoms with E-state index in [1.807, 2.05) is 30.3 Å². The molecule has 0 aliphatic carbocycles. The van der Waals surface area contributed by atoms with Gasteiger partial charge in [-0.15, -0.1) is 0 Å². The summed E-state index contributed by atoms with van der Waals surface area (Å²) < 4.78 is 73.1. The van der Waals surface area contributed by atoms with Crippen LogP contribution in [0, 0.1) is 0 Å². The predicted octanol–water partition coefficient (Wildman–Crippen LogP) is 4.67. The van der Waals surface area contributed by atoms with Gasteiger partial charge in [-0.3, -0.25) is 4.79 Å². The number of benzene rings is 3. The van der Waals surface area contributed by atoms with Crippen molar-refractivity contribution < 1.29 is 31.1 Å². The molecule has 1 heterocycles. The highest BCUT2D eigenvalue weighted by molar-refractivity contribution is 7.89. The molecule has 3 aromatic rings. The van der Waals surface area contributed by atoms with Crippen LogP contribution >= 0.6 is 0 Å². The number of nitrogens with zero attached hydrogens (tertiary/aromatic N) is 1. The molecule has 0 radical (unpaired) electrons. The number of ether oxygens (including phenoxy) is 1. The van der Waals surface area contributed by atoms with Gasteiger partial charge >= 0.3 is 6.18 Å². The van der Waals surface area contributed by atoms with Crippen molar-refractivity contribution in [2.45, 2.75) is 36.6 Å². The minimum atomic E-state index is -4.65. The van der Waals surface area contributed by atoms with Gasteiger partial charge in [-0.05, 0) is 47.0 Å². The minimum Gasteiger partial charge on any atom is -0.497 e. The molecule has 0 saturated heterocycles. The van der Waals surface area contributed by atoms with Crippen molar-refractivity contribution in [1.82, 2.24) is 9.62 Å². The van der Waals surface area contributed by atoms with Crippen LogP contribution in [0.3, 0.4) is 0 Å². The average Bonchev–Trinajstić information content (AvgIpc) is 3.04. The molecule has 0 bridgehead atoms. The zero-order chi connectivity index (χ0) is 25.2. The number of sulfonamides is 1. The Morgan fingerprint density at radius 1 is 1.00 bits per heavy atom. The summed E-state index contributed by atoms with van der Waals surface area (Å²) >= 11 is 0. The van der Waals surface area contributed by atoms with Crippen LogP contribution in [0.4, 0.5) is 13.2 Å². The first kappa shape index (κ1) is 24.7. The zero-order valence-corrected chi connectivity index (χ0v) is 19.6. The van der Waals surface area contributed by atoms with Crippen LogP contribution in [0.25, 0.3) is 0 Å². The first-order chi connectivity index (χ1) is 16.6. The molecule has 0 unspecified atom stereocenters. The second-order valence-corrected chi connectivity index (χ2v) is 9.99. The molecule has 0 fully saturated rings. The molecule has 3 aromatic carbocycles. The van der Waals surface area contributed by atoms with Gasteiger partial charge in [0, 0.05) is 19.5 Å². The topological polar surface area (TPSA) is 75.7 Å². The van der Waals surface area contributed by atoms with Crippen molar-refractivity contribution in [2.24, 2.45) is 0 Å². The molecule has 0 spiro atoms. The van der Waals surface area contributed by atoms with E-state index in [2.05, 4.69) is 5.32 Å². The maximum atomic E-state index is 13.4. The molecule has 1 atom stereocenters. The fourth-order valence-corrected chi connectivity index (χ4v) is 5.86. The van der Waals surface area contributed by atoms with Gasteiger partial charge in [-0.25, -0.2) is 8.42 Å². The molecule has 10 heteroatoms. The monoisotopic (exact) mass is 504 g/mol. The standard InChI is InChI=1S/C25H23F3N2O4S/c1-34-20-10-7-18(8-11-20)16-30-22(14-24(31)29-15-17-5-3-2-4-6-17)21-13-19(25(26,27)28)9-12-23(21)35(30,32)33/h2-13,22H,14-16H2,1H3,(H,29,31)/t22-/m0/s1. The van der Waals surface area contributed by atoms with Crippen LogP contribution in [-0.2, 0) is 34.1 Å². The Kier molecular flexibility index (Phi) is 6.86. The molecule has 1 aliphatic heterocycles. The summed E-state index contributed by atoms with van der Waals surface area (Å²) in [7, 11) is -2.63. The highest BCUT2D eigenvalue weighted by atomic mass is 32.2. The van der Waals surface area contributed by atoms with E-state index in [1.165, 1.54) is 7.11 Å². The van der Waals surface area contributed by atoms with E-state index < -0.39 is 33.7 Å². The molecule has 184 valence electrons. The normalized spacial score (nSPS) is 17.1. The van der Waals surface area contributed by atoms with Gasteiger partial charge in [-0.2, -0.15) is 17.5 Å². The largest absolute Gasteiger partial charge is 0.497 e.